The SMILES string of the molecule is Cn1c(=O)ccc2cnc(NC3CCN(NNC4CCCC4)CC3)nc21. The number of fused-ring (bicyclic) bond motifs is 1. The van der Waals surface area contributed by atoms with E-state index in [9.17, 15) is 4.79 Å². The standard InChI is InChI=1S/C18H27N7O/c1-24-16(26)7-6-13-12-19-18(21-17(13)24)20-14-8-10-25(11-9-14)23-22-15-4-2-3-5-15/h6-7,12,14-15,22-23H,2-5,8-11H2,1H3,(H,19,20,21). The molecule has 0 atom stereocenters. The van der Waals surface area contributed by atoms with E-state index in [0.717, 1.165) is 31.3 Å². The lowest BCUT2D eigenvalue weighted by molar-refractivity contribution is 0.108. The number of hydrogen-bond acceptors (Lipinski definition) is 7. The molecule has 2 aromatic rings. The van der Waals surface area contributed by atoms with Gasteiger partial charge in [-0.25, -0.2) is 15.4 Å². The van der Waals surface area contributed by atoms with Crippen LogP contribution in [0.5, 0.6) is 0 Å². The van der Waals surface area contributed by atoms with Crippen LogP contribution in [0.2, 0.25) is 0 Å². The lowest BCUT2D eigenvalue weighted by atomic mass is 10.1. The quantitative estimate of drug-likeness (QED) is 0.692. The van der Waals surface area contributed by atoms with Gasteiger partial charge in [-0.15, -0.1) is 0 Å². The van der Waals surface area contributed by atoms with Crippen LogP contribution in [0.3, 0.4) is 0 Å². The lowest BCUT2D eigenvalue weighted by Gasteiger charge is -2.33. The number of pyridine rings is 1. The fourth-order valence-electron chi connectivity index (χ4n) is 3.79. The number of anilines is 1. The highest BCUT2D eigenvalue weighted by molar-refractivity contribution is 5.74. The van der Waals surface area contributed by atoms with E-state index in [1.54, 1.807) is 29.9 Å². The minimum Gasteiger partial charge on any atom is -0.351 e. The van der Waals surface area contributed by atoms with Crippen molar-refractivity contribution in [1.29, 1.82) is 0 Å². The molecule has 0 spiro atoms. The molecular formula is C18H27N7O. The van der Waals surface area contributed by atoms with Crippen LogP contribution in [0.1, 0.15) is 38.5 Å². The third kappa shape index (κ3) is 3.87. The molecule has 4 rings (SSSR count). The van der Waals surface area contributed by atoms with Crippen molar-refractivity contribution in [3.8, 4) is 0 Å². The maximum atomic E-state index is 11.8. The van der Waals surface area contributed by atoms with Crippen molar-refractivity contribution in [1.82, 2.24) is 30.5 Å². The van der Waals surface area contributed by atoms with Gasteiger partial charge in [-0.05, 0) is 31.7 Å². The molecular weight excluding hydrogens is 330 g/mol. The molecule has 0 amide bonds. The normalized spacial score (nSPS) is 20.0. The molecule has 8 heteroatoms. The first-order valence-electron chi connectivity index (χ1n) is 9.54. The molecule has 2 aromatic heterocycles. The first-order valence-corrected chi connectivity index (χ1v) is 9.54. The molecule has 3 heterocycles. The maximum Gasteiger partial charge on any atom is 0.251 e. The van der Waals surface area contributed by atoms with Gasteiger partial charge < -0.3 is 5.32 Å². The molecule has 2 aliphatic rings. The van der Waals surface area contributed by atoms with Crippen molar-refractivity contribution in [2.24, 2.45) is 7.05 Å². The number of hydrazine groups is 2. The summed E-state index contributed by atoms with van der Waals surface area (Å²) in [6.07, 6.45) is 9.03. The zero-order chi connectivity index (χ0) is 17.9. The molecule has 8 nitrogen and oxygen atoms in total. The third-order valence-electron chi connectivity index (χ3n) is 5.46. The molecule has 0 bridgehead atoms. The van der Waals surface area contributed by atoms with Crippen LogP contribution in [0.15, 0.2) is 23.1 Å². The lowest BCUT2D eigenvalue weighted by Crippen LogP contribution is -2.54. The van der Waals surface area contributed by atoms with Gasteiger partial charge in [0.1, 0.15) is 5.65 Å². The van der Waals surface area contributed by atoms with Crippen molar-refractivity contribution in [3.05, 3.63) is 28.7 Å². The molecule has 0 radical (unpaired) electrons. The van der Waals surface area contributed by atoms with Crippen molar-refractivity contribution < 1.29 is 0 Å². The van der Waals surface area contributed by atoms with E-state index >= 15 is 0 Å². The molecule has 0 aromatic carbocycles. The smallest absolute Gasteiger partial charge is 0.251 e. The summed E-state index contributed by atoms with van der Waals surface area (Å²) in [5.74, 6) is 0.592. The Balaban J connectivity index is 1.32. The van der Waals surface area contributed by atoms with E-state index in [1.807, 2.05) is 0 Å². The largest absolute Gasteiger partial charge is 0.351 e. The van der Waals surface area contributed by atoms with E-state index in [1.165, 1.54) is 25.7 Å². The van der Waals surface area contributed by atoms with E-state index in [4.69, 9.17) is 0 Å². The van der Waals surface area contributed by atoms with Crippen LogP contribution in [0, 0.1) is 0 Å². The Kier molecular flexibility index (Phi) is 5.14. The maximum absolute atomic E-state index is 11.8. The van der Waals surface area contributed by atoms with Crippen LogP contribution in [0.4, 0.5) is 5.95 Å². The molecule has 26 heavy (non-hydrogen) atoms. The predicted molar refractivity (Wildman–Crippen MR) is 102 cm³/mol. The summed E-state index contributed by atoms with van der Waals surface area (Å²) < 4.78 is 1.56. The Hall–Kier alpha value is -2.03. The van der Waals surface area contributed by atoms with Gasteiger partial charge in [0, 0.05) is 49.9 Å². The molecule has 140 valence electrons. The second kappa shape index (κ2) is 7.69. The molecule has 3 N–H and O–H groups in total. The highest BCUT2D eigenvalue weighted by Crippen LogP contribution is 2.18. The first kappa shape index (κ1) is 17.4. The summed E-state index contributed by atoms with van der Waals surface area (Å²) in [5, 5.41) is 6.55. The van der Waals surface area contributed by atoms with E-state index < -0.39 is 0 Å². The number of aryl methyl sites for hydroxylation is 1. The van der Waals surface area contributed by atoms with Gasteiger partial charge in [0.2, 0.25) is 5.95 Å². The van der Waals surface area contributed by atoms with Crippen LogP contribution >= 0.6 is 0 Å². The molecule has 1 aliphatic carbocycles. The second-order valence-electron chi connectivity index (χ2n) is 7.35. The number of nitrogens with one attached hydrogen (secondary N) is 3. The highest BCUT2D eigenvalue weighted by atomic mass is 16.1. The predicted octanol–water partition coefficient (Wildman–Crippen LogP) is 1.16. The Labute approximate surface area is 152 Å². The summed E-state index contributed by atoms with van der Waals surface area (Å²) >= 11 is 0. The van der Waals surface area contributed by atoms with Crippen molar-refractivity contribution in [2.75, 3.05) is 18.4 Å². The fourth-order valence-corrected chi connectivity index (χ4v) is 3.79. The van der Waals surface area contributed by atoms with Crippen molar-refractivity contribution >= 4 is 17.0 Å². The Morgan fingerprint density at radius 2 is 1.85 bits per heavy atom. The van der Waals surface area contributed by atoms with Crippen LogP contribution in [-0.4, -0.2) is 44.7 Å². The molecule has 1 saturated carbocycles. The Bertz CT molecular complexity index is 807. The molecule has 1 aliphatic heterocycles. The highest BCUT2D eigenvalue weighted by Gasteiger charge is 2.21. The summed E-state index contributed by atoms with van der Waals surface area (Å²) in [4.78, 5) is 20.7. The number of piperidine rings is 1. The average molecular weight is 357 g/mol. The second-order valence-corrected chi connectivity index (χ2v) is 7.35. The monoisotopic (exact) mass is 357 g/mol. The van der Waals surface area contributed by atoms with Crippen molar-refractivity contribution in [2.45, 2.75) is 50.6 Å². The first-order chi connectivity index (χ1) is 12.7. The average Bonchev–Trinajstić information content (AvgIpc) is 3.18. The number of nitrogens with zero attached hydrogens (tertiary/aromatic N) is 4. The van der Waals surface area contributed by atoms with Gasteiger partial charge in [-0.1, -0.05) is 12.8 Å². The summed E-state index contributed by atoms with van der Waals surface area (Å²) in [5.41, 5.74) is 7.42. The number of rotatable bonds is 5. The summed E-state index contributed by atoms with van der Waals surface area (Å²) in [7, 11) is 1.74. The van der Waals surface area contributed by atoms with Crippen LogP contribution in [0.25, 0.3) is 11.0 Å². The summed E-state index contributed by atoms with van der Waals surface area (Å²) in [6.45, 7) is 1.95. The van der Waals surface area contributed by atoms with Crippen LogP contribution < -0.4 is 21.8 Å². The summed E-state index contributed by atoms with van der Waals surface area (Å²) in [6, 6.07) is 4.27. The zero-order valence-electron chi connectivity index (χ0n) is 15.2. The number of hydrogen-bond donors (Lipinski definition) is 3. The van der Waals surface area contributed by atoms with Gasteiger partial charge in [0.05, 0.1) is 0 Å². The van der Waals surface area contributed by atoms with Gasteiger partial charge >= 0.3 is 0 Å². The van der Waals surface area contributed by atoms with Crippen LogP contribution in [-0.2, 0) is 7.05 Å². The third-order valence-corrected chi connectivity index (χ3v) is 5.46. The van der Waals surface area contributed by atoms with Gasteiger partial charge in [0.25, 0.3) is 5.56 Å². The number of aromatic nitrogens is 3. The molecule has 1 saturated heterocycles. The minimum atomic E-state index is -0.0590. The zero-order valence-corrected chi connectivity index (χ0v) is 15.2. The van der Waals surface area contributed by atoms with Crippen molar-refractivity contribution in [3.63, 3.8) is 0 Å². The Morgan fingerprint density at radius 3 is 2.62 bits per heavy atom. The van der Waals surface area contributed by atoms with Gasteiger partial charge in [-0.3, -0.25) is 9.36 Å². The topological polar surface area (TPSA) is 87.1 Å². The van der Waals surface area contributed by atoms with E-state index in [-0.39, 0.29) is 5.56 Å². The minimum absolute atomic E-state index is 0.0590. The van der Waals surface area contributed by atoms with E-state index in [0.29, 0.717) is 23.7 Å². The van der Waals surface area contributed by atoms with Gasteiger partial charge in [0.15, 0.2) is 0 Å². The fraction of sp³-hybridized carbons (Fsp3) is 0.611. The van der Waals surface area contributed by atoms with Gasteiger partial charge in [-0.2, -0.15) is 10.5 Å². The van der Waals surface area contributed by atoms with E-state index in [2.05, 4.69) is 31.3 Å². The molecule has 2 fully saturated rings. The molecule has 0 unspecified atom stereocenters. The Morgan fingerprint density at radius 1 is 1.08 bits per heavy atom.